The molecule has 0 heterocycles. The van der Waals surface area contributed by atoms with Crippen LogP contribution in [0, 0.1) is 5.41 Å². The molecule has 4 nitrogen and oxygen atoms in total. The molecule has 0 saturated heterocycles. The zero-order valence-corrected chi connectivity index (χ0v) is 49.8. The van der Waals surface area contributed by atoms with Crippen LogP contribution in [0.2, 0.25) is 0 Å². The lowest BCUT2D eigenvalue weighted by molar-refractivity contribution is -0.173. The third kappa shape index (κ3) is 10.2. The maximum Gasteiger partial charge on any atom is 0.127 e. The first-order valence-electron chi connectivity index (χ1n) is 28.8. The van der Waals surface area contributed by atoms with Crippen molar-refractivity contribution in [3.8, 4) is 0 Å². The van der Waals surface area contributed by atoms with E-state index in [1.807, 2.05) is 54.6 Å². The highest BCUT2D eigenvalue weighted by Crippen LogP contribution is 2.56. The normalized spacial score (nSPS) is 13.5. The average Bonchev–Trinajstić information content (AvgIpc) is 3.52. The van der Waals surface area contributed by atoms with Crippen LogP contribution in [0.5, 0.6) is 0 Å². The van der Waals surface area contributed by atoms with E-state index in [2.05, 4.69) is 265 Å². The van der Waals surface area contributed by atoms with E-state index in [0.29, 0.717) is 16.7 Å². The standard InChI is InChI=1S/C77H84O4/c1-70(2,55-31-19-13-20-32-55)63-46-43-54(49-66(63)73(7,8)58-37-25-16-26-38-58)69(80)76(52-78,53-79)77(81,61-44-47-64(71(3,4)56-33-21-14-22-34-56)67(50-61)74(9,10)59-39-27-17-28-40-59)62-45-48-65(72(5,6)57-35-23-15-24-36-57)68(51-62)75(11,12)60-41-29-18-30-42-60/h13-51,69,78-81H,52-53H2,1-12H3. The molecule has 416 valence electrons. The van der Waals surface area contributed by atoms with Crippen molar-refractivity contribution in [2.75, 3.05) is 13.2 Å². The van der Waals surface area contributed by atoms with Crippen LogP contribution in [0.3, 0.4) is 0 Å². The molecule has 0 fully saturated rings. The Labute approximate surface area is 483 Å². The number of hydrogen-bond acceptors (Lipinski definition) is 4. The van der Waals surface area contributed by atoms with Gasteiger partial charge in [0.05, 0.1) is 24.7 Å². The molecule has 0 aliphatic heterocycles. The SMILES string of the molecule is CC(C)(c1ccccc1)c1ccc(C(O)C(CO)(CO)C(O)(c2ccc(C(C)(C)c3ccccc3)c(C(C)(C)c3ccccc3)c2)c2ccc(C(C)(C)c3ccccc3)c(C(C)(C)c3ccccc3)c2)cc1C(C)(C)c1ccccc1. The second-order valence-corrected chi connectivity index (χ2v) is 25.9. The minimum Gasteiger partial charge on any atom is -0.395 e. The van der Waals surface area contributed by atoms with E-state index in [1.165, 1.54) is 0 Å². The van der Waals surface area contributed by atoms with Gasteiger partial charge in [0.25, 0.3) is 0 Å². The van der Waals surface area contributed by atoms with Gasteiger partial charge in [0.15, 0.2) is 0 Å². The van der Waals surface area contributed by atoms with Crippen LogP contribution in [0.4, 0.5) is 0 Å². The molecule has 81 heavy (non-hydrogen) atoms. The quantitative estimate of drug-likeness (QED) is 0.0650. The summed E-state index contributed by atoms with van der Waals surface area (Å²) in [4.78, 5) is 0. The Morgan fingerprint density at radius 3 is 0.741 bits per heavy atom. The van der Waals surface area contributed by atoms with Crippen molar-refractivity contribution in [3.63, 3.8) is 0 Å². The molecule has 0 bridgehead atoms. The molecular weight excluding hydrogens is 989 g/mol. The summed E-state index contributed by atoms with van der Waals surface area (Å²) in [5.74, 6) is 0. The first kappa shape index (κ1) is 58.5. The van der Waals surface area contributed by atoms with E-state index in [1.54, 1.807) is 0 Å². The van der Waals surface area contributed by atoms with Crippen LogP contribution < -0.4 is 0 Å². The van der Waals surface area contributed by atoms with Gasteiger partial charge in [-0.3, -0.25) is 0 Å². The number of aliphatic hydroxyl groups excluding tert-OH is 3. The molecule has 0 amide bonds. The highest BCUT2D eigenvalue weighted by Gasteiger charge is 2.58. The van der Waals surface area contributed by atoms with Crippen LogP contribution in [0.25, 0.3) is 0 Å². The van der Waals surface area contributed by atoms with Crippen LogP contribution in [0.1, 0.15) is 173 Å². The van der Waals surface area contributed by atoms with Crippen molar-refractivity contribution in [1.82, 2.24) is 0 Å². The molecule has 0 aliphatic rings. The highest BCUT2D eigenvalue weighted by molar-refractivity contribution is 5.58. The van der Waals surface area contributed by atoms with Gasteiger partial charge in [0.2, 0.25) is 0 Å². The molecule has 1 unspecified atom stereocenters. The minimum absolute atomic E-state index is 0.432. The average molecular weight is 1070 g/mol. The van der Waals surface area contributed by atoms with Crippen molar-refractivity contribution in [3.05, 3.63) is 320 Å². The van der Waals surface area contributed by atoms with Crippen molar-refractivity contribution >= 4 is 0 Å². The maximum absolute atomic E-state index is 15.1. The molecule has 0 radical (unpaired) electrons. The summed E-state index contributed by atoms with van der Waals surface area (Å²) < 4.78 is 0. The van der Waals surface area contributed by atoms with Gasteiger partial charge in [-0.15, -0.1) is 0 Å². The summed E-state index contributed by atoms with van der Waals surface area (Å²) in [6, 6.07) is 81.3. The minimum atomic E-state index is -2.28. The Morgan fingerprint density at radius 1 is 0.272 bits per heavy atom. The fourth-order valence-corrected chi connectivity index (χ4v) is 13.2. The summed E-state index contributed by atoms with van der Waals surface area (Å²) in [5.41, 5.74) is 6.34. The summed E-state index contributed by atoms with van der Waals surface area (Å²) in [7, 11) is 0. The molecule has 4 N–H and O–H groups in total. The summed E-state index contributed by atoms with van der Waals surface area (Å²) >= 11 is 0. The van der Waals surface area contributed by atoms with Gasteiger partial charge in [-0.1, -0.05) is 320 Å². The van der Waals surface area contributed by atoms with E-state index in [-0.39, 0.29) is 0 Å². The predicted octanol–water partition coefficient (Wildman–Crippen LogP) is 16.6. The van der Waals surface area contributed by atoms with E-state index >= 15 is 5.11 Å². The van der Waals surface area contributed by atoms with Gasteiger partial charge in [0.1, 0.15) is 5.60 Å². The molecule has 9 rings (SSSR count). The first-order valence-corrected chi connectivity index (χ1v) is 28.8. The molecule has 0 aromatic heterocycles. The fourth-order valence-electron chi connectivity index (χ4n) is 13.2. The second kappa shape index (κ2) is 22.3. The Kier molecular flexibility index (Phi) is 16.1. The summed E-state index contributed by atoms with van der Waals surface area (Å²) in [6.45, 7) is 25.2. The highest BCUT2D eigenvalue weighted by atomic mass is 16.3. The van der Waals surface area contributed by atoms with Crippen LogP contribution in [0.15, 0.2) is 237 Å². The molecule has 0 spiro atoms. The Hall–Kier alpha value is -7.18. The van der Waals surface area contributed by atoms with Crippen molar-refractivity contribution < 1.29 is 20.4 Å². The third-order valence-electron chi connectivity index (χ3n) is 19.1. The summed E-state index contributed by atoms with van der Waals surface area (Å²) in [5, 5.41) is 54.2. The van der Waals surface area contributed by atoms with E-state index in [9.17, 15) is 15.3 Å². The van der Waals surface area contributed by atoms with Gasteiger partial charge < -0.3 is 20.4 Å². The topological polar surface area (TPSA) is 80.9 Å². The Morgan fingerprint density at radius 2 is 0.494 bits per heavy atom. The van der Waals surface area contributed by atoms with Gasteiger partial charge >= 0.3 is 0 Å². The number of hydrogen-bond donors (Lipinski definition) is 4. The van der Waals surface area contributed by atoms with Crippen molar-refractivity contribution in [2.24, 2.45) is 5.41 Å². The zero-order chi connectivity index (χ0) is 58.2. The van der Waals surface area contributed by atoms with Crippen LogP contribution >= 0.6 is 0 Å². The lowest BCUT2D eigenvalue weighted by Crippen LogP contribution is -2.55. The number of benzene rings is 9. The van der Waals surface area contributed by atoms with E-state index in [4.69, 9.17) is 0 Å². The van der Waals surface area contributed by atoms with E-state index < -0.39 is 62.8 Å². The largest absolute Gasteiger partial charge is 0.395 e. The Bertz CT molecular complexity index is 3410. The fraction of sp³-hybridized carbons (Fsp3) is 0.299. The molecule has 9 aromatic rings. The lowest BCUT2D eigenvalue weighted by Gasteiger charge is -2.50. The molecule has 0 aliphatic carbocycles. The third-order valence-corrected chi connectivity index (χ3v) is 19.1. The van der Waals surface area contributed by atoms with Crippen molar-refractivity contribution in [2.45, 2.75) is 127 Å². The van der Waals surface area contributed by atoms with Crippen LogP contribution in [-0.2, 0) is 38.1 Å². The summed E-state index contributed by atoms with van der Waals surface area (Å²) in [6.07, 6.45) is -1.63. The first-order chi connectivity index (χ1) is 38.4. The monoisotopic (exact) mass is 1070 g/mol. The molecule has 0 saturated carbocycles. The van der Waals surface area contributed by atoms with Crippen molar-refractivity contribution in [1.29, 1.82) is 0 Å². The van der Waals surface area contributed by atoms with Gasteiger partial charge in [-0.25, -0.2) is 0 Å². The number of rotatable bonds is 19. The van der Waals surface area contributed by atoms with E-state index in [0.717, 1.165) is 66.8 Å². The lowest BCUT2D eigenvalue weighted by atomic mass is 9.58. The smallest absolute Gasteiger partial charge is 0.127 e. The Balaban J connectivity index is 1.38. The van der Waals surface area contributed by atoms with Gasteiger partial charge in [-0.05, 0) is 83.5 Å². The second-order valence-electron chi connectivity index (χ2n) is 25.9. The maximum atomic E-state index is 15.1. The molecule has 9 aromatic carbocycles. The molecular formula is C77H84O4. The van der Waals surface area contributed by atoms with Gasteiger partial charge in [0, 0.05) is 32.5 Å². The van der Waals surface area contributed by atoms with Crippen LogP contribution in [-0.4, -0.2) is 33.6 Å². The number of aliphatic hydroxyl groups is 4. The van der Waals surface area contributed by atoms with Gasteiger partial charge in [-0.2, -0.15) is 0 Å². The zero-order valence-electron chi connectivity index (χ0n) is 49.8. The molecule has 4 heteroatoms. The predicted molar refractivity (Wildman–Crippen MR) is 335 cm³/mol. The molecule has 1 atom stereocenters.